The number of methoxy groups -OCH3 is 1. The first-order valence-electron chi connectivity index (χ1n) is 11.9. The molecule has 1 atom stereocenters. The highest BCUT2D eigenvalue weighted by Crippen LogP contribution is 2.26. The molecule has 2 N–H and O–H groups in total. The largest absolute Gasteiger partial charge is 0.491 e. The predicted octanol–water partition coefficient (Wildman–Crippen LogP) is 3.63. The topological polar surface area (TPSA) is 109 Å². The van der Waals surface area contributed by atoms with E-state index in [0.29, 0.717) is 47.9 Å². The zero-order valence-electron chi connectivity index (χ0n) is 20.5. The van der Waals surface area contributed by atoms with Gasteiger partial charge in [-0.2, -0.15) is 0 Å². The molecule has 3 aromatic rings. The molecule has 0 aliphatic carbocycles. The minimum absolute atomic E-state index is 0.0414. The minimum Gasteiger partial charge on any atom is -0.491 e. The van der Waals surface area contributed by atoms with E-state index in [1.54, 1.807) is 18.1 Å². The molecule has 0 bridgehead atoms. The maximum Gasteiger partial charge on any atom is 0.257 e. The molecule has 9 heteroatoms. The third-order valence-electron chi connectivity index (χ3n) is 5.62. The molecule has 3 heterocycles. The number of ether oxygens (including phenoxy) is 2. The van der Waals surface area contributed by atoms with Gasteiger partial charge >= 0.3 is 0 Å². The number of pyridine rings is 1. The normalized spacial score (nSPS) is 15.2. The standard InChI is InChI=1S/C24H27N5O4.C2H6/c1-3-21(30)29-10-4-5-17(14-29)27-22-20-13-19(24(31)28-23(20)26-15-25-22)16-6-8-18(9-7-16)33-12-11-32-2;1-2/h3,6-9,13,15,17H,1,4-5,10-12,14H2,2H3,(H2,25,26,27,28,31);1-2H3. The number of benzene rings is 1. The van der Waals surface area contributed by atoms with Gasteiger partial charge in [-0.15, -0.1) is 0 Å². The summed E-state index contributed by atoms with van der Waals surface area (Å²) in [6, 6.07) is 9.17. The van der Waals surface area contributed by atoms with Gasteiger partial charge in [0, 0.05) is 31.8 Å². The van der Waals surface area contributed by atoms with Crippen molar-refractivity contribution >= 4 is 22.8 Å². The summed E-state index contributed by atoms with van der Waals surface area (Å²) in [5.74, 6) is 1.25. The highest BCUT2D eigenvalue weighted by molar-refractivity contribution is 5.90. The molecule has 35 heavy (non-hydrogen) atoms. The fourth-order valence-corrected chi connectivity index (χ4v) is 3.94. The van der Waals surface area contributed by atoms with Crippen LogP contribution in [0.2, 0.25) is 0 Å². The number of likely N-dealkylation sites (tertiary alicyclic amines) is 1. The van der Waals surface area contributed by atoms with Gasteiger partial charge in [-0.1, -0.05) is 32.6 Å². The van der Waals surface area contributed by atoms with Crippen LogP contribution in [0.1, 0.15) is 26.7 Å². The van der Waals surface area contributed by atoms with Crippen LogP contribution < -0.4 is 15.6 Å². The molecule has 2 aromatic heterocycles. The van der Waals surface area contributed by atoms with Crippen molar-refractivity contribution in [2.24, 2.45) is 0 Å². The Hall–Kier alpha value is -3.72. The zero-order chi connectivity index (χ0) is 25.2. The highest BCUT2D eigenvalue weighted by atomic mass is 16.5. The molecular weight excluding hydrogens is 446 g/mol. The number of nitrogens with zero attached hydrogens (tertiary/aromatic N) is 3. The Labute approximate surface area is 205 Å². The number of piperidine rings is 1. The Morgan fingerprint density at radius 2 is 2.03 bits per heavy atom. The lowest BCUT2D eigenvalue weighted by Gasteiger charge is -2.33. The summed E-state index contributed by atoms with van der Waals surface area (Å²) in [5, 5.41) is 4.14. The van der Waals surface area contributed by atoms with Gasteiger partial charge in [-0.3, -0.25) is 9.59 Å². The number of hydrogen-bond donors (Lipinski definition) is 2. The van der Waals surface area contributed by atoms with Gasteiger partial charge < -0.3 is 24.7 Å². The van der Waals surface area contributed by atoms with E-state index < -0.39 is 0 Å². The second-order valence-corrected chi connectivity index (χ2v) is 7.83. The fourth-order valence-electron chi connectivity index (χ4n) is 3.94. The molecule has 9 nitrogen and oxygen atoms in total. The van der Waals surface area contributed by atoms with Crippen LogP contribution in [0.3, 0.4) is 0 Å². The van der Waals surface area contributed by atoms with E-state index in [1.165, 1.54) is 12.4 Å². The number of hydrogen-bond acceptors (Lipinski definition) is 7. The number of fused-ring (bicyclic) bond motifs is 1. The van der Waals surface area contributed by atoms with Gasteiger partial charge in [0.1, 0.15) is 30.1 Å². The third-order valence-corrected chi connectivity index (χ3v) is 5.62. The van der Waals surface area contributed by atoms with E-state index in [-0.39, 0.29) is 17.5 Å². The Kier molecular flexibility index (Phi) is 9.37. The van der Waals surface area contributed by atoms with Crippen LogP contribution >= 0.6 is 0 Å². The Morgan fingerprint density at radius 3 is 2.74 bits per heavy atom. The molecule has 1 aliphatic rings. The molecule has 1 fully saturated rings. The smallest absolute Gasteiger partial charge is 0.257 e. The lowest BCUT2D eigenvalue weighted by atomic mass is 10.0. The molecule has 186 valence electrons. The van der Waals surface area contributed by atoms with Gasteiger partial charge in [0.2, 0.25) is 5.91 Å². The molecule has 0 saturated carbocycles. The minimum atomic E-state index is -0.236. The van der Waals surface area contributed by atoms with Crippen LogP contribution in [0, 0.1) is 0 Å². The fraction of sp³-hybridized carbons (Fsp3) is 0.385. The second kappa shape index (κ2) is 12.7. The van der Waals surface area contributed by atoms with Gasteiger partial charge in [-0.05, 0) is 42.7 Å². The second-order valence-electron chi connectivity index (χ2n) is 7.83. The summed E-state index contributed by atoms with van der Waals surface area (Å²) in [4.78, 5) is 38.0. The van der Waals surface area contributed by atoms with Gasteiger partial charge in [0.25, 0.3) is 5.56 Å². The van der Waals surface area contributed by atoms with Crippen molar-refractivity contribution in [1.29, 1.82) is 0 Å². The van der Waals surface area contributed by atoms with Gasteiger partial charge in [0.15, 0.2) is 0 Å². The number of carbonyl (C=O) groups is 1. The Morgan fingerprint density at radius 1 is 1.26 bits per heavy atom. The van der Waals surface area contributed by atoms with E-state index >= 15 is 0 Å². The summed E-state index contributed by atoms with van der Waals surface area (Å²) >= 11 is 0. The number of H-pyrrole nitrogens is 1. The van der Waals surface area contributed by atoms with Crippen LogP contribution in [-0.4, -0.2) is 65.2 Å². The molecule has 1 amide bonds. The van der Waals surface area contributed by atoms with E-state index in [9.17, 15) is 9.59 Å². The SMILES string of the molecule is C=CC(=O)N1CCCC(Nc2ncnc3[nH]c(=O)c(-c4ccc(OCCOC)cc4)cc23)C1.CC. The summed E-state index contributed by atoms with van der Waals surface area (Å²) in [5.41, 5.74) is 1.49. The number of nitrogens with one attached hydrogen (secondary N) is 2. The van der Waals surface area contributed by atoms with Crippen LogP contribution in [0.5, 0.6) is 5.75 Å². The maximum atomic E-state index is 12.7. The molecule has 0 radical (unpaired) electrons. The van der Waals surface area contributed by atoms with E-state index in [1.807, 2.05) is 38.1 Å². The quantitative estimate of drug-likeness (QED) is 0.375. The zero-order valence-corrected chi connectivity index (χ0v) is 20.5. The number of anilines is 1. The summed E-state index contributed by atoms with van der Waals surface area (Å²) in [6.45, 7) is 9.82. The van der Waals surface area contributed by atoms with Crippen molar-refractivity contribution in [3.05, 3.63) is 59.7 Å². The van der Waals surface area contributed by atoms with Crippen LogP contribution in [0.4, 0.5) is 5.82 Å². The number of rotatable bonds is 8. The summed E-state index contributed by atoms with van der Waals surface area (Å²) in [6.07, 6.45) is 4.56. The van der Waals surface area contributed by atoms with E-state index in [4.69, 9.17) is 9.47 Å². The number of carbonyl (C=O) groups excluding carboxylic acids is 1. The first-order valence-corrected chi connectivity index (χ1v) is 11.9. The Balaban J connectivity index is 0.00000167. The van der Waals surface area contributed by atoms with Gasteiger partial charge in [0.05, 0.1) is 12.0 Å². The van der Waals surface area contributed by atoms with Crippen molar-refractivity contribution < 1.29 is 14.3 Å². The molecule has 4 rings (SSSR count). The molecule has 1 aliphatic heterocycles. The third kappa shape index (κ3) is 6.45. The first kappa shape index (κ1) is 25.9. The summed E-state index contributed by atoms with van der Waals surface area (Å²) in [7, 11) is 1.62. The Bertz CT molecular complexity index is 1190. The number of aromatic amines is 1. The lowest BCUT2D eigenvalue weighted by molar-refractivity contribution is -0.127. The molecule has 1 aromatic carbocycles. The average Bonchev–Trinajstić information content (AvgIpc) is 2.90. The highest BCUT2D eigenvalue weighted by Gasteiger charge is 2.23. The number of amides is 1. The monoisotopic (exact) mass is 479 g/mol. The van der Waals surface area contributed by atoms with Gasteiger partial charge in [-0.25, -0.2) is 9.97 Å². The maximum absolute atomic E-state index is 12.7. The molecule has 1 saturated heterocycles. The lowest BCUT2D eigenvalue weighted by Crippen LogP contribution is -2.44. The average molecular weight is 480 g/mol. The number of aromatic nitrogens is 3. The molecular formula is C26H33N5O4. The van der Waals surface area contributed by atoms with Crippen molar-refractivity contribution in [3.63, 3.8) is 0 Å². The predicted molar refractivity (Wildman–Crippen MR) is 138 cm³/mol. The molecule has 1 unspecified atom stereocenters. The van der Waals surface area contributed by atoms with Crippen molar-refractivity contribution in [2.45, 2.75) is 32.7 Å². The first-order chi connectivity index (χ1) is 17.1. The molecule has 0 spiro atoms. The van der Waals surface area contributed by atoms with E-state index in [2.05, 4.69) is 26.8 Å². The van der Waals surface area contributed by atoms with Crippen LogP contribution in [-0.2, 0) is 9.53 Å². The summed E-state index contributed by atoms with van der Waals surface area (Å²) < 4.78 is 10.6. The van der Waals surface area contributed by atoms with Crippen molar-refractivity contribution in [3.8, 4) is 16.9 Å². The van der Waals surface area contributed by atoms with Crippen molar-refractivity contribution in [1.82, 2.24) is 19.9 Å². The van der Waals surface area contributed by atoms with Crippen LogP contribution in [0.25, 0.3) is 22.2 Å². The van der Waals surface area contributed by atoms with E-state index in [0.717, 1.165) is 24.9 Å². The van der Waals surface area contributed by atoms with Crippen LogP contribution in [0.15, 0.2) is 54.1 Å². The van der Waals surface area contributed by atoms with Crippen molar-refractivity contribution in [2.75, 3.05) is 38.7 Å².